The Bertz CT molecular complexity index is 754. The summed E-state index contributed by atoms with van der Waals surface area (Å²) in [5.41, 5.74) is 4.01. The van der Waals surface area contributed by atoms with E-state index in [2.05, 4.69) is 5.32 Å². The Labute approximate surface area is 162 Å². The number of nitrogens with one attached hydrogen (secondary N) is 1. The number of likely N-dealkylation sites (N-methyl/N-ethyl adjacent to an activating group) is 2. The SMILES string of the molecule is CCN(Cc1ccccc1)C(=O)CN(C)CC(=O)Nc1c(C)cccc1C. The second-order valence-corrected chi connectivity index (χ2v) is 6.88. The van der Waals surface area contributed by atoms with Crippen LogP contribution in [0.1, 0.15) is 23.6 Å². The second-order valence-electron chi connectivity index (χ2n) is 6.88. The van der Waals surface area contributed by atoms with Crippen LogP contribution >= 0.6 is 0 Å². The third kappa shape index (κ3) is 6.22. The number of carbonyl (C=O) groups excluding carboxylic acids is 2. The molecule has 2 aromatic carbocycles. The lowest BCUT2D eigenvalue weighted by atomic mass is 10.1. The summed E-state index contributed by atoms with van der Waals surface area (Å²) in [5, 5.41) is 2.96. The Hall–Kier alpha value is -2.66. The molecular weight excluding hydrogens is 338 g/mol. The number of hydrogen-bond acceptors (Lipinski definition) is 3. The number of hydrogen-bond donors (Lipinski definition) is 1. The number of rotatable bonds is 8. The molecule has 0 unspecified atom stereocenters. The van der Waals surface area contributed by atoms with E-state index in [1.807, 2.05) is 69.3 Å². The number of nitrogens with zero attached hydrogens (tertiary/aromatic N) is 2. The van der Waals surface area contributed by atoms with E-state index in [4.69, 9.17) is 0 Å². The van der Waals surface area contributed by atoms with Crippen LogP contribution < -0.4 is 5.32 Å². The third-order valence-electron chi connectivity index (χ3n) is 4.51. The van der Waals surface area contributed by atoms with Gasteiger partial charge in [0.25, 0.3) is 0 Å². The Morgan fingerprint density at radius 1 is 0.926 bits per heavy atom. The summed E-state index contributed by atoms with van der Waals surface area (Å²) in [6, 6.07) is 15.8. The van der Waals surface area contributed by atoms with Gasteiger partial charge in [0.1, 0.15) is 0 Å². The van der Waals surface area contributed by atoms with Crippen molar-refractivity contribution in [3.05, 3.63) is 65.2 Å². The van der Waals surface area contributed by atoms with Crippen LogP contribution in [0.25, 0.3) is 0 Å². The summed E-state index contributed by atoms with van der Waals surface area (Å²) in [4.78, 5) is 28.5. The molecule has 0 aliphatic heterocycles. The number of aryl methyl sites for hydroxylation is 2. The molecule has 0 heterocycles. The van der Waals surface area contributed by atoms with Crippen LogP contribution in [0.4, 0.5) is 5.69 Å². The zero-order chi connectivity index (χ0) is 19.8. The number of benzene rings is 2. The number of amides is 2. The quantitative estimate of drug-likeness (QED) is 0.779. The normalized spacial score (nSPS) is 10.7. The largest absolute Gasteiger partial charge is 0.338 e. The van der Waals surface area contributed by atoms with Gasteiger partial charge in [0.05, 0.1) is 13.1 Å². The molecule has 0 bridgehead atoms. The summed E-state index contributed by atoms with van der Waals surface area (Å²) in [7, 11) is 1.79. The first-order valence-corrected chi connectivity index (χ1v) is 9.27. The van der Waals surface area contributed by atoms with Gasteiger partial charge in [-0.05, 0) is 44.5 Å². The molecule has 2 rings (SSSR count). The molecule has 0 saturated heterocycles. The summed E-state index contributed by atoms with van der Waals surface area (Å²) in [6.07, 6.45) is 0. The molecule has 0 spiro atoms. The number of para-hydroxylation sites is 1. The Morgan fingerprint density at radius 3 is 2.15 bits per heavy atom. The van der Waals surface area contributed by atoms with Crippen LogP contribution in [0.15, 0.2) is 48.5 Å². The second kappa shape index (κ2) is 9.88. The highest BCUT2D eigenvalue weighted by molar-refractivity contribution is 5.94. The van der Waals surface area contributed by atoms with Gasteiger partial charge >= 0.3 is 0 Å². The first kappa shape index (κ1) is 20.6. The monoisotopic (exact) mass is 367 g/mol. The van der Waals surface area contributed by atoms with Gasteiger partial charge in [0.15, 0.2) is 0 Å². The van der Waals surface area contributed by atoms with E-state index in [9.17, 15) is 9.59 Å². The van der Waals surface area contributed by atoms with E-state index in [0.717, 1.165) is 22.4 Å². The lowest BCUT2D eigenvalue weighted by Crippen LogP contribution is -2.41. The minimum absolute atomic E-state index is 0.0173. The van der Waals surface area contributed by atoms with E-state index in [1.54, 1.807) is 16.8 Å². The van der Waals surface area contributed by atoms with Crippen molar-refractivity contribution >= 4 is 17.5 Å². The highest BCUT2D eigenvalue weighted by Crippen LogP contribution is 2.19. The van der Waals surface area contributed by atoms with Crippen LogP contribution in [0, 0.1) is 13.8 Å². The van der Waals surface area contributed by atoms with Gasteiger partial charge in [0.2, 0.25) is 11.8 Å². The van der Waals surface area contributed by atoms with E-state index in [1.165, 1.54) is 0 Å². The molecule has 0 atom stereocenters. The maximum Gasteiger partial charge on any atom is 0.238 e. The maximum absolute atomic E-state index is 12.6. The predicted molar refractivity (Wildman–Crippen MR) is 110 cm³/mol. The zero-order valence-corrected chi connectivity index (χ0v) is 16.7. The molecule has 0 aliphatic rings. The minimum atomic E-state index is -0.117. The van der Waals surface area contributed by atoms with Crippen LogP contribution in [-0.4, -0.2) is 48.3 Å². The van der Waals surface area contributed by atoms with Crippen molar-refractivity contribution in [2.75, 3.05) is 32.0 Å². The van der Waals surface area contributed by atoms with Crippen LogP contribution in [0.3, 0.4) is 0 Å². The van der Waals surface area contributed by atoms with Crippen molar-refractivity contribution in [2.45, 2.75) is 27.3 Å². The van der Waals surface area contributed by atoms with Crippen LogP contribution in [0.2, 0.25) is 0 Å². The molecule has 0 saturated carbocycles. The zero-order valence-electron chi connectivity index (χ0n) is 16.7. The summed E-state index contributed by atoms with van der Waals surface area (Å²) in [5.74, 6) is -0.0995. The smallest absolute Gasteiger partial charge is 0.238 e. The van der Waals surface area contributed by atoms with Gasteiger partial charge in [0, 0.05) is 18.8 Å². The van der Waals surface area contributed by atoms with E-state index < -0.39 is 0 Å². The van der Waals surface area contributed by atoms with Crippen molar-refractivity contribution in [3.63, 3.8) is 0 Å². The molecule has 0 radical (unpaired) electrons. The first-order chi connectivity index (χ1) is 12.9. The van der Waals surface area contributed by atoms with Gasteiger partial charge in [-0.15, -0.1) is 0 Å². The summed E-state index contributed by atoms with van der Waals surface area (Å²) in [6.45, 7) is 7.50. The molecule has 27 heavy (non-hydrogen) atoms. The fourth-order valence-electron chi connectivity index (χ4n) is 3.00. The number of anilines is 1. The molecule has 5 heteroatoms. The first-order valence-electron chi connectivity index (χ1n) is 9.27. The third-order valence-corrected chi connectivity index (χ3v) is 4.51. The molecule has 5 nitrogen and oxygen atoms in total. The van der Waals surface area contributed by atoms with Gasteiger partial charge < -0.3 is 10.2 Å². The highest BCUT2D eigenvalue weighted by atomic mass is 16.2. The molecule has 144 valence electrons. The van der Waals surface area contributed by atoms with Gasteiger partial charge in [-0.2, -0.15) is 0 Å². The number of carbonyl (C=O) groups is 2. The average Bonchev–Trinajstić information content (AvgIpc) is 2.63. The van der Waals surface area contributed by atoms with E-state index in [0.29, 0.717) is 13.1 Å². The average molecular weight is 367 g/mol. The van der Waals surface area contributed by atoms with Crippen molar-refractivity contribution < 1.29 is 9.59 Å². The van der Waals surface area contributed by atoms with Gasteiger partial charge in [-0.25, -0.2) is 0 Å². The fraction of sp³-hybridized carbons (Fsp3) is 0.364. The molecule has 1 N–H and O–H groups in total. The highest BCUT2D eigenvalue weighted by Gasteiger charge is 2.17. The van der Waals surface area contributed by atoms with E-state index in [-0.39, 0.29) is 24.9 Å². The topological polar surface area (TPSA) is 52.7 Å². The van der Waals surface area contributed by atoms with Crippen molar-refractivity contribution in [1.29, 1.82) is 0 Å². The molecule has 0 aliphatic carbocycles. The van der Waals surface area contributed by atoms with Gasteiger partial charge in [-0.1, -0.05) is 48.5 Å². The van der Waals surface area contributed by atoms with Crippen molar-refractivity contribution in [1.82, 2.24) is 9.80 Å². The lowest BCUT2D eigenvalue weighted by molar-refractivity contribution is -0.132. The van der Waals surface area contributed by atoms with E-state index >= 15 is 0 Å². The molecular formula is C22H29N3O2. The Morgan fingerprint density at radius 2 is 1.56 bits per heavy atom. The van der Waals surface area contributed by atoms with Crippen LogP contribution in [0.5, 0.6) is 0 Å². The molecule has 0 aromatic heterocycles. The summed E-state index contributed by atoms with van der Waals surface area (Å²) >= 11 is 0. The lowest BCUT2D eigenvalue weighted by Gasteiger charge is -2.24. The Kier molecular flexibility index (Phi) is 7.55. The van der Waals surface area contributed by atoms with Crippen LogP contribution in [-0.2, 0) is 16.1 Å². The summed E-state index contributed by atoms with van der Waals surface area (Å²) < 4.78 is 0. The Balaban J connectivity index is 1.88. The minimum Gasteiger partial charge on any atom is -0.338 e. The fourth-order valence-corrected chi connectivity index (χ4v) is 3.00. The predicted octanol–water partition coefficient (Wildman–Crippen LogP) is 3.22. The van der Waals surface area contributed by atoms with Crippen molar-refractivity contribution in [2.24, 2.45) is 0 Å². The van der Waals surface area contributed by atoms with Gasteiger partial charge in [-0.3, -0.25) is 14.5 Å². The molecule has 0 fully saturated rings. The van der Waals surface area contributed by atoms with Crippen molar-refractivity contribution in [3.8, 4) is 0 Å². The molecule has 2 amide bonds. The maximum atomic E-state index is 12.6. The standard InChI is InChI=1S/C22H29N3O2/c1-5-25(14-19-12-7-6-8-13-19)21(27)16-24(4)15-20(26)23-22-17(2)10-9-11-18(22)3/h6-13H,5,14-16H2,1-4H3,(H,23,26). The molecule has 2 aromatic rings.